The van der Waals surface area contributed by atoms with E-state index in [0.29, 0.717) is 0 Å². The van der Waals surface area contributed by atoms with Gasteiger partial charge in [-0.1, -0.05) is 6.07 Å². The van der Waals surface area contributed by atoms with Crippen molar-refractivity contribution in [2.24, 2.45) is 0 Å². The molecule has 0 saturated carbocycles. The van der Waals surface area contributed by atoms with Gasteiger partial charge in [-0.2, -0.15) is 0 Å². The van der Waals surface area contributed by atoms with E-state index in [-0.39, 0.29) is 5.54 Å². The van der Waals surface area contributed by atoms with E-state index in [4.69, 9.17) is 0 Å². The van der Waals surface area contributed by atoms with Crippen LogP contribution in [0.15, 0.2) is 36.9 Å². The highest BCUT2D eigenvalue weighted by Gasteiger charge is 2.08. The summed E-state index contributed by atoms with van der Waals surface area (Å²) in [7, 11) is 0. The zero-order chi connectivity index (χ0) is 13.7. The topological polar surface area (TPSA) is 50.7 Å². The fourth-order valence-corrected chi connectivity index (χ4v) is 1.62. The maximum absolute atomic E-state index is 4.40. The third kappa shape index (κ3) is 4.75. The fourth-order valence-electron chi connectivity index (χ4n) is 1.62. The Morgan fingerprint density at radius 3 is 2.37 bits per heavy atom. The third-order valence-corrected chi connectivity index (χ3v) is 2.67. The van der Waals surface area contributed by atoms with Crippen LogP contribution in [0.2, 0.25) is 0 Å². The van der Waals surface area contributed by atoms with Crippen LogP contribution in [-0.4, -0.2) is 20.5 Å². The zero-order valence-corrected chi connectivity index (χ0v) is 11.7. The molecule has 2 heterocycles. The van der Waals surface area contributed by atoms with Crippen molar-refractivity contribution in [1.29, 1.82) is 0 Å². The van der Waals surface area contributed by atoms with Crippen molar-refractivity contribution in [3.8, 4) is 0 Å². The van der Waals surface area contributed by atoms with Crippen LogP contribution in [0.3, 0.4) is 0 Å². The molecule has 0 unspecified atom stereocenters. The van der Waals surface area contributed by atoms with Crippen molar-refractivity contribution in [2.45, 2.75) is 39.3 Å². The first-order chi connectivity index (χ1) is 9.03. The zero-order valence-electron chi connectivity index (χ0n) is 11.7. The van der Waals surface area contributed by atoms with Gasteiger partial charge in [0.25, 0.3) is 0 Å². The van der Waals surface area contributed by atoms with Gasteiger partial charge in [0.1, 0.15) is 5.82 Å². The quantitative estimate of drug-likeness (QED) is 0.912. The summed E-state index contributed by atoms with van der Waals surface area (Å²) in [6, 6.07) is 3.96. The maximum Gasteiger partial charge on any atom is 0.132 e. The molecule has 0 aromatic carbocycles. The Morgan fingerprint density at radius 1 is 1.05 bits per heavy atom. The lowest BCUT2D eigenvalue weighted by molar-refractivity contribution is 0.423. The van der Waals surface area contributed by atoms with E-state index in [0.717, 1.165) is 29.9 Å². The largest absolute Gasteiger partial charge is 0.308 e. The van der Waals surface area contributed by atoms with E-state index < -0.39 is 0 Å². The summed E-state index contributed by atoms with van der Waals surface area (Å²) in [6.07, 6.45) is 8.11. The van der Waals surface area contributed by atoms with Gasteiger partial charge >= 0.3 is 0 Å². The number of rotatable bonds is 4. The normalized spacial score (nSPS) is 11.5. The molecule has 0 aliphatic rings. The predicted octanol–water partition coefficient (Wildman–Crippen LogP) is 2.35. The summed E-state index contributed by atoms with van der Waals surface area (Å²) in [6.45, 7) is 7.22. The molecule has 4 heteroatoms. The van der Waals surface area contributed by atoms with Crippen LogP contribution >= 0.6 is 0 Å². The van der Waals surface area contributed by atoms with Gasteiger partial charge in [-0.25, -0.2) is 9.97 Å². The summed E-state index contributed by atoms with van der Waals surface area (Å²) in [5.41, 5.74) is 2.34. The highest BCUT2D eigenvalue weighted by atomic mass is 15.0. The molecule has 0 radical (unpaired) electrons. The Morgan fingerprint density at radius 2 is 1.79 bits per heavy atom. The Hall–Kier alpha value is -1.81. The average molecular weight is 256 g/mol. The number of nitrogens with zero attached hydrogens (tertiary/aromatic N) is 3. The minimum absolute atomic E-state index is 0.106. The lowest BCUT2D eigenvalue weighted by atomic mass is 10.1. The van der Waals surface area contributed by atoms with Crippen LogP contribution in [0.1, 0.15) is 37.7 Å². The van der Waals surface area contributed by atoms with Crippen molar-refractivity contribution in [2.75, 3.05) is 0 Å². The van der Waals surface area contributed by atoms with Crippen LogP contribution in [0, 0.1) is 0 Å². The number of hydrogen-bond donors (Lipinski definition) is 1. The molecule has 0 atom stereocenters. The highest BCUT2D eigenvalue weighted by Crippen LogP contribution is 2.05. The van der Waals surface area contributed by atoms with E-state index in [1.807, 2.05) is 30.7 Å². The molecule has 0 saturated heterocycles. The van der Waals surface area contributed by atoms with Crippen LogP contribution in [0.5, 0.6) is 0 Å². The van der Waals surface area contributed by atoms with Crippen LogP contribution in [0.4, 0.5) is 0 Å². The van der Waals surface area contributed by atoms with Crippen LogP contribution < -0.4 is 5.32 Å². The first-order valence-corrected chi connectivity index (χ1v) is 6.47. The summed E-state index contributed by atoms with van der Waals surface area (Å²) >= 11 is 0. The van der Waals surface area contributed by atoms with Gasteiger partial charge in [0.2, 0.25) is 0 Å². The summed E-state index contributed by atoms with van der Waals surface area (Å²) < 4.78 is 0. The number of aromatic nitrogens is 3. The monoisotopic (exact) mass is 256 g/mol. The Bertz CT molecular complexity index is 500. The van der Waals surface area contributed by atoms with E-state index >= 15 is 0 Å². The average Bonchev–Trinajstić information content (AvgIpc) is 2.38. The molecule has 0 amide bonds. The molecule has 1 N–H and O–H groups in total. The van der Waals surface area contributed by atoms with Gasteiger partial charge in [-0.3, -0.25) is 4.98 Å². The lowest BCUT2D eigenvalue weighted by Crippen LogP contribution is -2.35. The van der Waals surface area contributed by atoms with Crippen LogP contribution in [0.25, 0.3) is 0 Å². The molecule has 2 aromatic rings. The minimum atomic E-state index is 0.106. The van der Waals surface area contributed by atoms with Gasteiger partial charge in [0.05, 0.1) is 0 Å². The maximum atomic E-state index is 4.40. The molecule has 4 nitrogen and oxygen atoms in total. The molecule has 0 fully saturated rings. The van der Waals surface area contributed by atoms with Gasteiger partial charge in [0.15, 0.2) is 0 Å². The first kappa shape index (κ1) is 13.6. The van der Waals surface area contributed by atoms with Gasteiger partial charge in [0, 0.05) is 48.9 Å². The van der Waals surface area contributed by atoms with Crippen molar-refractivity contribution < 1.29 is 0 Å². The molecule has 0 aliphatic carbocycles. The van der Waals surface area contributed by atoms with E-state index in [9.17, 15) is 0 Å². The Balaban J connectivity index is 1.95. The molecule has 2 aromatic heterocycles. The van der Waals surface area contributed by atoms with E-state index in [1.165, 1.54) is 0 Å². The molecular formula is C15H20N4. The second kappa shape index (κ2) is 5.89. The van der Waals surface area contributed by atoms with Crippen molar-refractivity contribution in [1.82, 2.24) is 20.3 Å². The molecule has 0 aliphatic heterocycles. The molecular weight excluding hydrogens is 236 g/mol. The second-order valence-corrected chi connectivity index (χ2v) is 5.65. The fraction of sp³-hybridized carbons (Fsp3) is 0.400. The smallest absolute Gasteiger partial charge is 0.132 e. The standard InChI is InChI=1S/C15H20N4/c1-15(2,3)19-11-13-9-17-14(18-10-13)7-12-5-4-6-16-8-12/h4-6,8-10,19H,7,11H2,1-3H3. The number of pyridine rings is 1. The SMILES string of the molecule is CC(C)(C)NCc1cnc(Cc2cccnc2)nc1. The Labute approximate surface area is 114 Å². The lowest BCUT2D eigenvalue weighted by Gasteiger charge is -2.20. The molecule has 100 valence electrons. The van der Waals surface area contributed by atoms with Crippen molar-refractivity contribution in [3.05, 3.63) is 53.9 Å². The molecule has 2 rings (SSSR count). The number of nitrogens with one attached hydrogen (secondary N) is 1. The predicted molar refractivity (Wildman–Crippen MR) is 75.7 cm³/mol. The first-order valence-electron chi connectivity index (χ1n) is 6.47. The Kier molecular flexibility index (Phi) is 4.22. The summed E-state index contributed by atoms with van der Waals surface area (Å²) in [5, 5.41) is 3.42. The van der Waals surface area contributed by atoms with E-state index in [1.54, 1.807) is 6.20 Å². The summed E-state index contributed by atoms with van der Waals surface area (Å²) in [4.78, 5) is 12.9. The second-order valence-electron chi connectivity index (χ2n) is 5.65. The molecule has 19 heavy (non-hydrogen) atoms. The van der Waals surface area contributed by atoms with Gasteiger partial charge in [-0.05, 0) is 32.4 Å². The van der Waals surface area contributed by atoms with Crippen molar-refractivity contribution in [3.63, 3.8) is 0 Å². The molecule has 0 spiro atoms. The van der Waals surface area contributed by atoms with E-state index in [2.05, 4.69) is 41.0 Å². The summed E-state index contributed by atoms with van der Waals surface area (Å²) in [5.74, 6) is 0.826. The van der Waals surface area contributed by atoms with Crippen LogP contribution in [-0.2, 0) is 13.0 Å². The van der Waals surface area contributed by atoms with Gasteiger partial charge in [-0.15, -0.1) is 0 Å². The third-order valence-electron chi connectivity index (χ3n) is 2.67. The highest BCUT2D eigenvalue weighted by molar-refractivity contribution is 5.15. The minimum Gasteiger partial charge on any atom is -0.308 e. The number of hydrogen-bond acceptors (Lipinski definition) is 4. The van der Waals surface area contributed by atoms with Gasteiger partial charge < -0.3 is 5.32 Å². The molecule has 0 bridgehead atoms. The van der Waals surface area contributed by atoms with Crippen molar-refractivity contribution >= 4 is 0 Å².